The van der Waals surface area contributed by atoms with Gasteiger partial charge < -0.3 is 15.5 Å². The summed E-state index contributed by atoms with van der Waals surface area (Å²) in [5, 5.41) is 0. The topological polar surface area (TPSA) is 49.6 Å². The van der Waals surface area contributed by atoms with E-state index in [9.17, 15) is 4.79 Å². The summed E-state index contributed by atoms with van der Waals surface area (Å²) >= 11 is 0. The monoisotopic (exact) mass is 245 g/mol. The largest absolute Gasteiger partial charge is 0.367 e. The number of nitrogens with zero attached hydrogens (tertiary/aromatic N) is 2. The lowest BCUT2D eigenvalue weighted by Gasteiger charge is -2.26. The van der Waals surface area contributed by atoms with Gasteiger partial charge in [0.1, 0.15) is 0 Å². The van der Waals surface area contributed by atoms with Crippen molar-refractivity contribution >= 4 is 11.6 Å². The predicted molar refractivity (Wildman–Crippen MR) is 71.7 cm³/mol. The highest BCUT2D eigenvalue weighted by Gasteiger charge is 2.40. The van der Waals surface area contributed by atoms with E-state index in [-0.39, 0.29) is 5.91 Å². The fraction of sp³-hybridized carbons (Fsp3) is 0.500. The Morgan fingerprint density at radius 1 is 1.17 bits per heavy atom. The zero-order chi connectivity index (χ0) is 12.7. The second-order valence-electron chi connectivity index (χ2n) is 5.30. The number of hydrogen-bond donors (Lipinski definition) is 1. The summed E-state index contributed by atoms with van der Waals surface area (Å²) in [6.45, 7) is 2.29. The highest BCUT2D eigenvalue weighted by Crippen LogP contribution is 2.34. The molecule has 2 saturated heterocycles. The molecular weight excluding hydrogens is 226 g/mol. The Morgan fingerprint density at radius 2 is 1.83 bits per heavy atom. The van der Waals surface area contributed by atoms with Crippen LogP contribution >= 0.6 is 0 Å². The van der Waals surface area contributed by atoms with Crippen molar-refractivity contribution in [3.8, 4) is 0 Å². The molecule has 3 rings (SSSR count). The maximum absolute atomic E-state index is 11.1. The van der Waals surface area contributed by atoms with Gasteiger partial charge in [0.25, 0.3) is 0 Å². The minimum absolute atomic E-state index is 0.360. The molecule has 0 bridgehead atoms. The molecule has 18 heavy (non-hydrogen) atoms. The number of anilines is 1. The zero-order valence-electron chi connectivity index (χ0n) is 10.7. The molecule has 4 heteroatoms. The van der Waals surface area contributed by atoms with Crippen LogP contribution in [0.2, 0.25) is 0 Å². The Morgan fingerprint density at radius 3 is 2.50 bits per heavy atom. The van der Waals surface area contributed by atoms with E-state index in [0.29, 0.717) is 17.6 Å². The van der Waals surface area contributed by atoms with Gasteiger partial charge in [-0.1, -0.05) is 0 Å². The Bertz CT molecular complexity index is 457. The number of carbonyl (C=O) groups excluding carboxylic acids is 1. The van der Waals surface area contributed by atoms with Gasteiger partial charge in [0.2, 0.25) is 5.91 Å². The second kappa shape index (κ2) is 4.28. The first kappa shape index (κ1) is 11.5. The average Bonchev–Trinajstić information content (AvgIpc) is 2.93. The molecule has 2 unspecified atom stereocenters. The summed E-state index contributed by atoms with van der Waals surface area (Å²) in [5.41, 5.74) is 7.05. The maximum atomic E-state index is 11.1. The van der Waals surface area contributed by atoms with Gasteiger partial charge in [0.15, 0.2) is 0 Å². The molecule has 96 valence electrons. The van der Waals surface area contributed by atoms with Crippen LogP contribution in [-0.2, 0) is 0 Å². The molecule has 2 atom stereocenters. The number of hydrogen-bond acceptors (Lipinski definition) is 3. The number of benzene rings is 1. The number of carbonyl (C=O) groups is 1. The van der Waals surface area contributed by atoms with Gasteiger partial charge >= 0.3 is 0 Å². The van der Waals surface area contributed by atoms with Crippen LogP contribution in [0.1, 0.15) is 23.2 Å². The smallest absolute Gasteiger partial charge is 0.248 e. The quantitative estimate of drug-likeness (QED) is 0.848. The number of fused-ring (bicyclic) bond motifs is 1. The molecule has 0 aliphatic carbocycles. The molecule has 1 amide bonds. The zero-order valence-corrected chi connectivity index (χ0v) is 10.7. The third kappa shape index (κ3) is 1.77. The number of rotatable bonds is 2. The molecule has 2 fully saturated rings. The Labute approximate surface area is 107 Å². The van der Waals surface area contributed by atoms with E-state index in [0.717, 1.165) is 6.54 Å². The Kier molecular flexibility index (Phi) is 2.74. The minimum atomic E-state index is -0.360. The van der Waals surface area contributed by atoms with E-state index in [1.807, 2.05) is 24.3 Å². The summed E-state index contributed by atoms with van der Waals surface area (Å²) < 4.78 is 0. The number of amides is 1. The van der Waals surface area contributed by atoms with Crippen LogP contribution in [0.25, 0.3) is 0 Å². The molecule has 4 nitrogen and oxygen atoms in total. The molecule has 0 saturated carbocycles. The molecule has 2 aliphatic rings. The molecule has 1 aromatic carbocycles. The van der Waals surface area contributed by atoms with Crippen molar-refractivity contribution in [2.45, 2.75) is 24.9 Å². The molecule has 2 aliphatic heterocycles. The van der Waals surface area contributed by atoms with Crippen LogP contribution in [0.5, 0.6) is 0 Å². The Balaban J connectivity index is 1.81. The van der Waals surface area contributed by atoms with Gasteiger partial charge in [-0.25, -0.2) is 0 Å². The van der Waals surface area contributed by atoms with Crippen molar-refractivity contribution in [2.24, 2.45) is 5.73 Å². The lowest BCUT2D eigenvalue weighted by molar-refractivity contribution is 0.100. The normalized spacial score (nSPS) is 27.5. The number of primary amides is 1. The fourth-order valence-electron chi connectivity index (χ4n) is 3.34. The van der Waals surface area contributed by atoms with Crippen molar-refractivity contribution < 1.29 is 4.79 Å². The summed E-state index contributed by atoms with van der Waals surface area (Å²) in [4.78, 5) is 16.0. The van der Waals surface area contributed by atoms with Gasteiger partial charge in [0, 0.05) is 36.4 Å². The molecular formula is C14H19N3O. The number of nitrogens with two attached hydrogens (primary N) is 1. The van der Waals surface area contributed by atoms with E-state index in [4.69, 9.17) is 5.73 Å². The first-order chi connectivity index (χ1) is 8.66. The van der Waals surface area contributed by atoms with Crippen LogP contribution < -0.4 is 10.6 Å². The molecule has 0 spiro atoms. The fourth-order valence-corrected chi connectivity index (χ4v) is 3.34. The summed E-state index contributed by atoms with van der Waals surface area (Å²) in [6.07, 6.45) is 2.47. The van der Waals surface area contributed by atoms with Crippen molar-refractivity contribution in [3.05, 3.63) is 29.8 Å². The highest BCUT2D eigenvalue weighted by molar-refractivity contribution is 5.93. The Hall–Kier alpha value is -1.55. The highest BCUT2D eigenvalue weighted by atomic mass is 16.1. The van der Waals surface area contributed by atoms with Crippen LogP contribution in [0.15, 0.2) is 24.3 Å². The summed E-state index contributed by atoms with van der Waals surface area (Å²) in [5.74, 6) is -0.360. The van der Waals surface area contributed by atoms with Gasteiger partial charge in [-0.3, -0.25) is 4.79 Å². The third-order valence-corrected chi connectivity index (χ3v) is 4.34. The van der Waals surface area contributed by atoms with Crippen molar-refractivity contribution in [2.75, 3.05) is 25.0 Å². The minimum Gasteiger partial charge on any atom is -0.367 e. The molecule has 0 aromatic heterocycles. The molecule has 1 aromatic rings. The number of likely N-dealkylation sites (N-methyl/N-ethyl adjacent to an activating group) is 1. The number of likely N-dealkylation sites (tertiary alicyclic amines) is 1. The molecule has 2 heterocycles. The van der Waals surface area contributed by atoms with E-state index in [1.165, 1.54) is 25.1 Å². The second-order valence-corrected chi connectivity index (χ2v) is 5.30. The van der Waals surface area contributed by atoms with Crippen LogP contribution in [0.3, 0.4) is 0 Å². The van der Waals surface area contributed by atoms with Gasteiger partial charge in [0.05, 0.1) is 0 Å². The first-order valence-corrected chi connectivity index (χ1v) is 6.53. The van der Waals surface area contributed by atoms with Crippen molar-refractivity contribution in [3.63, 3.8) is 0 Å². The standard InChI is InChI=1S/C14H19N3O/c1-16-8-6-13-12(16)7-9-17(13)11-4-2-10(3-5-11)14(15)18/h2-5,12-13H,6-9H2,1H3,(H2,15,18). The van der Waals surface area contributed by atoms with E-state index in [1.54, 1.807) is 0 Å². The third-order valence-electron chi connectivity index (χ3n) is 4.34. The summed E-state index contributed by atoms with van der Waals surface area (Å²) in [7, 11) is 2.21. The lowest BCUT2D eigenvalue weighted by Crippen LogP contribution is -2.34. The van der Waals surface area contributed by atoms with Gasteiger partial charge in [-0.05, 0) is 44.2 Å². The SMILES string of the molecule is CN1CCC2C1CCN2c1ccc(C(N)=O)cc1. The van der Waals surface area contributed by atoms with Gasteiger partial charge in [-0.2, -0.15) is 0 Å². The predicted octanol–water partition coefficient (Wildman–Crippen LogP) is 1.07. The van der Waals surface area contributed by atoms with Crippen molar-refractivity contribution in [1.29, 1.82) is 0 Å². The van der Waals surface area contributed by atoms with E-state index < -0.39 is 0 Å². The van der Waals surface area contributed by atoms with Crippen LogP contribution in [-0.4, -0.2) is 43.0 Å². The molecule has 2 N–H and O–H groups in total. The molecule has 0 radical (unpaired) electrons. The van der Waals surface area contributed by atoms with Crippen LogP contribution in [0.4, 0.5) is 5.69 Å². The van der Waals surface area contributed by atoms with E-state index >= 15 is 0 Å². The lowest BCUT2D eigenvalue weighted by atomic mass is 10.1. The van der Waals surface area contributed by atoms with E-state index in [2.05, 4.69) is 16.8 Å². The maximum Gasteiger partial charge on any atom is 0.248 e. The van der Waals surface area contributed by atoms with Crippen LogP contribution in [0, 0.1) is 0 Å². The first-order valence-electron chi connectivity index (χ1n) is 6.53. The van der Waals surface area contributed by atoms with Crippen molar-refractivity contribution in [1.82, 2.24) is 4.90 Å². The van der Waals surface area contributed by atoms with Gasteiger partial charge in [-0.15, -0.1) is 0 Å². The average molecular weight is 245 g/mol. The summed E-state index contributed by atoms with van der Waals surface area (Å²) in [6, 6.07) is 9.00.